The van der Waals surface area contributed by atoms with Crippen LogP contribution in [0.15, 0.2) is 47.6 Å². The predicted octanol–water partition coefficient (Wildman–Crippen LogP) is 4.15. The summed E-state index contributed by atoms with van der Waals surface area (Å²) < 4.78 is 11.7. The van der Waals surface area contributed by atoms with E-state index in [-0.39, 0.29) is 17.2 Å². The topological polar surface area (TPSA) is 80.2 Å². The SMILES string of the molecule is CC(=O)NC1=NN(C(C)=O)[C@H](c2cccc(OCCCOc3cc(C)cc(C)c3)c2)S1. The molecule has 1 aliphatic rings. The number of amidine groups is 1. The van der Waals surface area contributed by atoms with Crippen molar-refractivity contribution in [1.82, 2.24) is 10.3 Å². The van der Waals surface area contributed by atoms with E-state index in [0.29, 0.717) is 24.1 Å². The summed E-state index contributed by atoms with van der Waals surface area (Å²) in [5.41, 5.74) is 3.23. The van der Waals surface area contributed by atoms with Gasteiger partial charge in [-0.25, -0.2) is 5.01 Å². The van der Waals surface area contributed by atoms with Gasteiger partial charge in [0.2, 0.25) is 11.8 Å². The van der Waals surface area contributed by atoms with Gasteiger partial charge in [0, 0.05) is 20.3 Å². The molecule has 164 valence electrons. The zero-order valence-electron chi connectivity index (χ0n) is 18.2. The lowest BCUT2D eigenvalue weighted by atomic mass is 10.1. The average molecular weight is 442 g/mol. The molecule has 0 aliphatic carbocycles. The Morgan fingerprint density at radius 3 is 2.35 bits per heavy atom. The van der Waals surface area contributed by atoms with Gasteiger partial charge in [0.1, 0.15) is 16.9 Å². The van der Waals surface area contributed by atoms with Crippen molar-refractivity contribution in [2.45, 2.75) is 39.5 Å². The van der Waals surface area contributed by atoms with Gasteiger partial charge >= 0.3 is 0 Å². The van der Waals surface area contributed by atoms with Crippen LogP contribution in [0.5, 0.6) is 11.5 Å². The van der Waals surface area contributed by atoms with Crippen LogP contribution in [0, 0.1) is 13.8 Å². The molecule has 1 heterocycles. The maximum Gasteiger partial charge on any atom is 0.241 e. The number of amides is 2. The second-order valence-electron chi connectivity index (χ2n) is 7.37. The molecule has 0 unspecified atom stereocenters. The first-order valence-electron chi connectivity index (χ1n) is 10.1. The first-order chi connectivity index (χ1) is 14.8. The minimum absolute atomic E-state index is 0.201. The summed E-state index contributed by atoms with van der Waals surface area (Å²) in [5.74, 6) is 1.15. The number of ether oxygens (including phenoxy) is 2. The van der Waals surface area contributed by atoms with Crippen LogP contribution in [0.2, 0.25) is 0 Å². The Balaban J connectivity index is 1.54. The number of nitrogens with zero attached hydrogens (tertiary/aromatic N) is 2. The molecule has 0 saturated heterocycles. The monoisotopic (exact) mass is 441 g/mol. The molecule has 0 aromatic heterocycles. The molecule has 8 heteroatoms. The van der Waals surface area contributed by atoms with E-state index in [1.54, 1.807) is 0 Å². The number of hydrazone groups is 1. The summed E-state index contributed by atoms with van der Waals surface area (Å²) in [5, 5.41) is 8.28. The molecule has 31 heavy (non-hydrogen) atoms. The number of benzene rings is 2. The normalized spacial score (nSPS) is 15.4. The Morgan fingerprint density at radius 1 is 1.03 bits per heavy atom. The van der Waals surface area contributed by atoms with Gasteiger partial charge in [0.15, 0.2) is 5.17 Å². The third-order valence-electron chi connectivity index (χ3n) is 4.41. The fraction of sp³-hybridized carbons (Fsp3) is 0.348. The smallest absolute Gasteiger partial charge is 0.241 e. The number of rotatable bonds is 7. The van der Waals surface area contributed by atoms with Crippen molar-refractivity contribution < 1.29 is 19.1 Å². The summed E-state index contributed by atoms with van der Waals surface area (Å²) >= 11 is 1.32. The van der Waals surface area contributed by atoms with Crippen molar-refractivity contribution in [3.8, 4) is 11.5 Å². The number of thioether (sulfide) groups is 1. The highest BCUT2D eigenvalue weighted by molar-refractivity contribution is 8.14. The molecule has 0 radical (unpaired) electrons. The average Bonchev–Trinajstić information content (AvgIpc) is 3.11. The molecule has 1 atom stereocenters. The minimum atomic E-state index is -0.351. The van der Waals surface area contributed by atoms with E-state index in [1.807, 2.05) is 36.4 Å². The van der Waals surface area contributed by atoms with E-state index in [2.05, 4.69) is 30.3 Å². The highest BCUT2D eigenvalue weighted by Crippen LogP contribution is 2.39. The van der Waals surface area contributed by atoms with Crippen molar-refractivity contribution in [2.24, 2.45) is 5.10 Å². The van der Waals surface area contributed by atoms with Crippen LogP contribution in [0.3, 0.4) is 0 Å². The Hall–Kier alpha value is -3.00. The standard InChI is InChI=1S/C23H27N3O4S/c1-15-11-16(2)13-21(12-15)30-10-6-9-29-20-8-5-7-19(14-20)22-26(18(4)28)25-23(31-22)24-17(3)27/h5,7-8,11-14,22H,6,9-10H2,1-4H3,(H,24,25,27)/t22-/m0/s1. The Bertz CT molecular complexity index is 972. The molecule has 0 saturated carbocycles. The van der Waals surface area contributed by atoms with Gasteiger partial charge in [-0.3, -0.25) is 9.59 Å². The van der Waals surface area contributed by atoms with Gasteiger partial charge in [0.05, 0.1) is 13.2 Å². The third-order valence-corrected chi connectivity index (χ3v) is 5.52. The fourth-order valence-corrected chi connectivity index (χ4v) is 4.32. The van der Waals surface area contributed by atoms with Gasteiger partial charge < -0.3 is 14.8 Å². The third kappa shape index (κ3) is 6.49. The maximum absolute atomic E-state index is 12.0. The minimum Gasteiger partial charge on any atom is -0.493 e. The van der Waals surface area contributed by atoms with Crippen LogP contribution in [-0.2, 0) is 9.59 Å². The van der Waals surface area contributed by atoms with Crippen LogP contribution in [-0.4, -0.2) is 35.2 Å². The largest absolute Gasteiger partial charge is 0.493 e. The molecule has 1 aliphatic heterocycles. The quantitative estimate of drug-likeness (QED) is 0.653. The molecule has 0 bridgehead atoms. The van der Waals surface area contributed by atoms with Crippen molar-refractivity contribution in [3.05, 3.63) is 59.2 Å². The second-order valence-corrected chi connectivity index (χ2v) is 8.44. The highest BCUT2D eigenvalue weighted by Gasteiger charge is 2.32. The van der Waals surface area contributed by atoms with E-state index in [1.165, 1.54) is 41.7 Å². The molecule has 1 N–H and O–H groups in total. The lowest BCUT2D eigenvalue weighted by Crippen LogP contribution is -2.25. The first-order valence-corrected chi connectivity index (χ1v) is 11.0. The number of carbonyl (C=O) groups is 2. The van der Waals surface area contributed by atoms with Gasteiger partial charge in [-0.15, -0.1) is 5.10 Å². The summed E-state index contributed by atoms with van der Waals surface area (Å²) in [6, 6.07) is 13.7. The van der Waals surface area contributed by atoms with Gasteiger partial charge in [-0.1, -0.05) is 30.0 Å². The van der Waals surface area contributed by atoms with Crippen molar-refractivity contribution in [1.29, 1.82) is 0 Å². The van der Waals surface area contributed by atoms with E-state index in [9.17, 15) is 9.59 Å². The molecule has 2 aromatic carbocycles. The molecular formula is C23H27N3O4S. The van der Waals surface area contributed by atoms with Crippen molar-refractivity contribution >= 4 is 28.7 Å². The first kappa shape index (κ1) is 22.7. The molecule has 3 rings (SSSR count). The number of hydrogen-bond acceptors (Lipinski definition) is 6. The summed E-state index contributed by atoms with van der Waals surface area (Å²) in [4.78, 5) is 23.3. The number of aryl methyl sites for hydroxylation is 2. The predicted molar refractivity (Wildman–Crippen MR) is 122 cm³/mol. The maximum atomic E-state index is 12.0. The Labute approximate surface area is 186 Å². The lowest BCUT2D eigenvalue weighted by Gasteiger charge is -2.19. The van der Waals surface area contributed by atoms with Gasteiger partial charge in [-0.05, 0) is 54.8 Å². The zero-order chi connectivity index (χ0) is 22.4. The van der Waals surface area contributed by atoms with E-state index < -0.39 is 0 Å². The van der Waals surface area contributed by atoms with Crippen LogP contribution < -0.4 is 14.8 Å². The molecule has 7 nitrogen and oxygen atoms in total. The van der Waals surface area contributed by atoms with Crippen LogP contribution >= 0.6 is 11.8 Å². The van der Waals surface area contributed by atoms with Crippen LogP contribution in [0.1, 0.15) is 42.3 Å². The molecular weight excluding hydrogens is 414 g/mol. The Morgan fingerprint density at radius 2 is 1.71 bits per heavy atom. The highest BCUT2D eigenvalue weighted by atomic mass is 32.2. The second kappa shape index (κ2) is 10.3. The van der Waals surface area contributed by atoms with Crippen LogP contribution in [0.25, 0.3) is 0 Å². The summed E-state index contributed by atoms with van der Waals surface area (Å²) in [7, 11) is 0. The fourth-order valence-electron chi connectivity index (χ4n) is 3.19. The summed E-state index contributed by atoms with van der Waals surface area (Å²) in [6.07, 6.45) is 0.741. The molecule has 0 fully saturated rings. The lowest BCUT2D eigenvalue weighted by molar-refractivity contribution is -0.129. The number of nitrogens with one attached hydrogen (secondary N) is 1. The molecule has 0 spiro atoms. The van der Waals surface area contributed by atoms with Crippen molar-refractivity contribution in [3.63, 3.8) is 0 Å². The van der Waals surface area contributed by atoms with E-state index in [4.69, 9.17) is 9.47 Å². The number of hydrogen-bond donors (Lipinski definition) is 1. The Kier molecular flexibility index (Phi) is 7.57. The molecule has 2 aromatic rings. The van der Waals surface area contributed by atoms with E-state index >= 15 is 0 Å². The van der Waals surface area contributed by atoms with Gasteiger partial charge in [-0.2, -0.15) is 0 Å². The van der Waals surface area contributed by atoms with Gasteiger partial charge in [0.25, 0.3) is 0 Å². The number of carbonyl (C=O) groups excluding carboxylic acids is 2. The van der Waals surface area contributed by atoms with Crippen molar-refractivity contribution in [2.75, 3.05) is 13.2 Å². The van der Waals surface area contributed by atoms with Crippen LogP contribution in [0.4, 0.5) is 0 Å². The summed E-state index contributed by atoms with van der Waals surface area (Å²) in [6.45, 7) is 8.03. The molecule has 2 amide bonds. The van der Waals surface area contributed by atoms with E-state index in [0.717, 1.165) is 17.7 Å². The zero-order valence-corrected chi connectivity index (χ0v) is 19.0.